The van der Waals surface area contributed by atoms with E-state index in [0.717, 1.165) is 5.69 Å². The molecule has 6 nitrogen and oxygen atoms in total. The van der Waals surface area contributed by atoms with E-state index in [-0.39, 0.29) is 13.2 Å². The third kappa shape index (κ3) is 4.25. The molecular weight excluding hydrogens is 258 g/mol. The van der Waals surface area contributed by atoms with Gasteiger partial charge in [-0.25, -0.2) is 0 Å². The fraction of sp³-hybridized carbons (Fsp3) is 0.357. The summed E-state index contributed by atoms with van der Waals surface area (Å²) < 4.78 is 7.51. The summed E-state index contributed by atoms with van der Waals surface area (Å²) in [6.07, 6.45) is 2.82. The molecule has 0 spiro atoms. The highest BCUT2D eigenvalue weighted by molar-refractivity contribution is 5.56. The zero-order valence-corrected chi connectivity index (χ0v) is 11.1. The van der Waals surface area contributed by atoms with Crippen molar-refractivity contribution in [1.82, 2.24) is 9.78 Å². The Morgan fingerprint density at radius 2 is 2.15 bits per heavy atom. The fourth-order valence-electron chi connectivity index (χ4n) is 1.71. The minimum absolute atomic E-state index is 0.269. The van der Waals surface area contributed by atoms with Gasteiger partial charge < -0.3 is 20.3 Å². The van der Waals surface area contributed by atoms with Crippen LogP contribution in [0.5, 0.6) is 5.75 Å². The van der Waals surface area contributed by atoms with Crippen LogP contribution in [-0.4, -0.2) is 45.9 Å². The van der Waals surface area contributed by atoms with E-state index in [1.54, 1.807) is 10.9 Å². The van der Waals surface area contributed by atoms with Crippen molar-refractivity contribution in [2.75, 3.05) is 25.1 Å². The molecule has 2 aromatic rings. The molecule has 2 rings (SSSR count). The summed E-state index contributed by atoms with van der Waals surface area (Å²) >= 11 is 0. The number of hydrogen-bond acceptors (Lipinski definition) is 5. The average Bonchev–Trinajstić information content (AvgIpc) is 2.99. The number of nitrogens with zero attached hydrogens (tertiary/aromatic N) is 2. The van der Waals surface area contributed by atoms with Crippen LogP contribution in [0.4, 0.5) is 5.69 Å². The van der Waals surface area contributed by atoms with Gasteiger partial charge in [0, 0.05) is 18.9 Å². The van der Waals surface area contributed by atoms with Crippen LogP contribution in [0.25, 0.3) is 0 Å². The molecule has 0 aliphatic carbocycles. The van der Waals surface area contributed by atoms with Crippen LogP contribution in [0.1, 0.15) is 0 Å². The first kappa shape index (κ1) is 14.4. The van der Waals surface area contributed by atoms with Crippen molar-refractivity contribution in [1.29, 1.82) is 0 Å². The number of anilines is 1. The number of para-hydroxylation sites is 2. The van der Waals surface area contributed by atoms with Crippen LogP contribution >= 0.6 is 0 Å². The standard InChI is InChI=1S/C14H19N3O3/c18-11-12(19)10-15-13-4-1-2-5-14(13)20-9-8-17-7-3-6-16-17/h1-7,12,15,18-19H,8-11H2. The van der Waals surface area contributed by atoms with E-state index in [9.17, 15) is 5.11 Å². The molecule has 3 N–H and O–H groups in total. The summed E-state index contributed by atoms with van der Waals surface area (Å²) in [6, 6.07) is 9.36. The Kier molecular flexibility index (Phi) is 5.40. The number of rotatable bonds is 8. The van der Waals surface area contributed by atoms with E-state index in [1.165, 1.54) is 0 Å². The van der Waals surface area contributed by atoms with Gasteiger partial charge in [-0.05, 0) is 18.2 Å². The molecule has 108 valence electrons. The maximum Gasteiger partial charge on any atom is 0.142 e. The van der Waals surface area contributed by atoms with Crippen molar-refractivity contribution in [3.63, 3.8) is 0 Å². The first-order valence-electron chi connectivity index (χ1n) is 6.51. The van der Waals surface area contributed by atoms with Crippen molar-refractivity contribution in [3.05, 3.63) is 42.7 Å². The smallest absolute Gasteiger partial charge is 0.142 e. The largest absolute Gasteiger partial charge is 0.489 e. The van der Waals surface area contributed by atoms with E-state index in [0.29, 0.717) is 18.9 Å². The maximum absolute atomic E-state index is 9.35. The van der Waals surface area contributed by atoms with Crippen molar-refractivity contribution in [3.8, 4) is 5.75 Å². The predicted molar refractivity (Wildman–Crippen MR) is 75.7 cm³/mol. The van der Waals surface area contributed by atoms with E-state index >= 15 is 0 Å². The summed E-state index contributed by atoms with van der Waals surface area (Å²) in [6.45, 7) is 1.18. The third-order valence-electron chi connectivity index (χ3n) is 2.76. The highest BCUT2D eigenvalue weighted by Gasteiger charge is 2.05. The molecule has 0 saturated carbocycles. The monoisotopic (exact) mass is 277 g/mol. The van der Waals surface area contributed by atoms with Gasteiger partial charge in [-0.1, -0.05) is 12.1 Å². The zero-order valence-electron chi connectivity index (χ0n) is 11.1. The SMILES string of the molecule is OCC(O)CNc1ccccc1OCCn1cccn1. The molecule has 0 aliphatic rings. The lowest BCUT2D eigenvalue weighted by Crippen LogP contribution is -2.23. The number of aromatic nitrogens is 2. The molecule has 20 heavy (non-hydrogen) atoms. The van der Waals surface area contributed by atoms with E-state index < -0.39 is 6.10 Å². The van der Waals surface area contributed by atoms with Gasteiger partial charge in [-0.2, -0.15) is 5.10 Å². The third-order valence-corrected chi connectivity index (χ3v) is 2.76. The summed E-state index contributed by atoms with van der Waals surface area (Å²) in [4.78, 5) is 0. The summed E-state index contributed by atoms with van der Waals surface area (Å²) in [7, 11) is 0. The molecule has 1 heterocycles. The normalized spacial score (nSPS) is 12.1. The molecule has 1 aromatic heterocycles. The lowest BCUT2D eigenvalue weighted by atomic mass is 10.2. The first-order chi connectivity index (χ1) is 9.79. The molecule has 0 fully saturated rings. The van der Waals surface area contributed by atoms with Gasteiger partial charge in [-0.15, -0.1) is 0 Å². The van der Waals surface area contributed by atoms with E-state index in [1.807, 2.05) is 36.5 Å². The zero-order chi connectivity index (χ0) is 14.2. The number of nitrogens with one attached hydrogen (secondary N) is 1. The summed E-state index contributed by atoms with van der Waals surface area (Å²) in [5.41, 5.74) is 0.792. The van der Waals surface area contributed by atoms with Gasteiger partial charge in [-0.3, -0.25) is 4.68 Å². The molecule has 0 radical (unpaired) electrons. The minimum atomic E-state index is -0.785. The highest BCUT2D eigenvalue weighted by Crippen LogP contribution is 2.23. The fourth-order valence-corrected chi connectivity index (χ4v) is 1.71. The van der Waals surface area contributed by atoms with Crippen molar-refractivity contribution < 1.29 is 14.9 Å². The molecule has 1 aromatic carbocycles. The Morgan fingerprint density at radius 3 is 2.90 bits per heavy atom. The van der Waals surface area contributed by atoms with E-state index in [4.69, 9.17) is 9.84 Å². The Labute approximate surface area is 117 Å². The summed E-state index contributed by atoms with van der Waals surface area (Å²) in [5, 5.41) is 25.3. The van der Waals surface area contributed by atoms with Crippen LogP contribution < -0.4 is 10.1 Å². The molecule has 6 heteroatoms. The van der Waals surface area contributed by atoms with Crippen molar-refractivity contribution in [2.24, 2.45) is 0 Å². The van der Waals surface area contributed by atoms with Crippen LogP contribution in [0, 0.1) is 0 Å². The number of hydrogen-bond donors (Lipinski definition) is 3. The second kappa shape index (κ2) is 7.52. The molecule has 0 saturated heterocycles. The molecule has 0 bridgehead atoms. The van der Waals surface area contributed by atoms with Gasteiger partial charge in [0.15, 0.2) is 0 Å². The summed E-state index contributed by atoms with van der Waals surface area (Å²) in [5.74, 6) is 0.713. The minimum Gasteiger partial charge on any atom is -0.489 e. The number of aliphatic hydroxyl groups is 2. The highest BCUT2D eigenvalue weighted by atomic mass is 16.5. The number of aliphatic hydroxyl groups excluding tert-OH is 2. The molecular formula is C14H19N3O3. The molecule has 1 atom stereocenters. The first-order valence-corrected chi connectivity index (χ1v) is 6.51. The second-order valence-corrected chi connectivity index (χ2v) is 4.33. The molecule has 0 aliphatic heterocycles. The van der Waals surface area contributed by atoms with Crippen molar-refractivity contribution >= 4 is 5.69 Å². The lowest BCUT2D eigenvalue weighted by Gasteiger charge is -2.14. The van der Waals surface area contributed by atoms with Crippen LogP contribution in [0.15, 0.2) is 42.7 Å². The van der Waals surface area contributed by atoms with Gasteiger partial charge in [0.1, 0.15) is 12.4 Å². The second-order valence-electron chi connectivity index (χ2n) is 4.33. The molecule has 0 amide bonds. The van der Waals surface area contributed by atoms with E-state index in [2.05, 4.69) is 10.4 Å². The Balaban J connectivity index is 1.86. The van der Waals surface area contributed by atoms with Gasteiger partial charge in [0.25, 0.3) is 0 Å². The lowest BCUT2D eigenvalue weighted by molar-refractivity contribution is 0.105. The Bertz CT molecular complexity index is 502. The Morgan fingerprint density at radius 1 is 1.30 bits per heavy atom. The number of benzene rings is 1. The topological polar surface area (TPSA) is 79.5 Å². The van der Waals surface area contributed by atoms with Crippen molar-refractivity contribution in [2.45, 2.75) is 12.6 Å². The van der Waals surface area contributed by atoms with Gasteiger partial charge in [0.05, 0.1) is 24.9 Å². The van der Waals surface area contributed by atoms with Crippen LogP contribution in [0.2, 0.25) is 0 Å². The predicted octanol–water partition coefficient (Wildman–Crippen LogP) is 0.727. The quantitative estimate of drug-likeness (QED) is 0.663. The van der Waals surface area contributed by atoms with Crippen LogP contribution in [-0.2, 0) is 6.54 Å². The number of ether oxygens (including phenoxy) is 1. The molecule has 1 unspecified atom stereocenters. The van der Waals surface area contributed by atoms with Gasteiger partial charge in [0.2, 0.25) is 0 Å². The van der Waals surface area contributed by atoms with Gasteiger partial charge >= 0.3 is 0 Å². The maximum atomic E-state index is 9.35. The average molecular weight is 277 g/mol. The Hall–Kier alpha value is -2.05. The van der Waals surface area contributed by atoms with Crippen LogP contribution in [0.3, 0.4) is 0 Å².